The molecule has 2 heterocycles. The second kappa shape index (κ2) is 8.37. The highest BCUT2D eigenvalue weighted by molar-refractivity contribution is 5.93. The number of nitrogens with one attached hydrogen (secondary N) is 1. The van der Waals surface area contributed by atoms with Crippen LogP contribution >= 0.6 is 0 Å². The fourth-order valence-electron chi connectivity index (χ4n) is 3.43. The van der Waals surface area contributed by atoms with Crippen LogP contribution in [0.5, 0.6) is 0 Å². The first-order chi connectivity index (χ1) is 13.4. The molecular formula is C21H27N5O2. The van der Waals surface area contributed by atoms with Gasteiger partial charge in [0.2, 0.25) is 11.9 Å². The van der Waals surface area contributed by atoms with Crippen LogP contribution in [0.25, 0.3) is 0 Å². The molecule has 1 saturated heterocycles. The summed E-state index contributed by atoms with van der Waals surface area (Å²) >= 11 is 0. The molecule has 1 N–H and O–H groups in total. The summed E-state index contributed by atoms with van der Waals surface area (Å²) in [6.45, 7) is 9.70. The minimum atomic E-state index is -0.128. The highest BCUT2D eigenvalue weighted by Crippen LogP contribution is 2.24. The number of nitrogens with zero attached hydrogens (tertiary/aromatic N) is 4. The third kappa shape index (κ3) is 4.30. The molecule has 2 aromatic rings. The molecule has 1 aromatic heterocycles. The van der Waals surface area contributed by atoms with Gasteiger partial charge in [-0.1, -0.05) is 25.1 Å². The number of piperazine rings is 1. The van der Waals surface area contributed by atoms with Gasteiger partial charge in [-0.25, -0.2) is 9.97 Å². The predicted octanol–water partition coefficient (Wildman–Crippen LogP) is 2.70. The van der Waals surface area contributed by atoms with E-state index in [2.05, 4.69) is 28.3 Å². The maximum atomic E-state index is 12.9. The van der Waals surface area contributed by atoms with E-state index in [0.717, 1.165) is 23.4 Å². The van der Waals surface area contributed by atoms with Crippen molar-refractivity contribution in [3.8, 4) is 0 Å². The third-order valence-corrected chi connectivity index (χ3v) is 5.06. The SMILES string of the molecule is CCc1cccc(C)c1Nc1nc(C)cc(C(=O)N2CCN(C(C)=O)CC2)n1. The van der Waals surface area contributed by atoms with Gasteiger partial charge >= 0.3 is 0 Å². The van der Waals surface area contributed by atoms with Crippen LogP contribution in [0.4, 0.5) is 11.6 Å². The molecule has 1 aliphatic heterocycles. The van der Waals surface area contributed by atoms with Crippen molar-refractivity contribution in [1.82, 2.24) is 19.8 Å². The average molecular weight is 381 g/mol. The Kier molecular flexibility index (Phi) is 5.92. The summed E-state index contributed by atoms with van der Waals surface area (Å²) in [7, 11) is 0. The molecular weight excluding hydrogens is 354 g/mol. The standard InChI is InChI=1S/C21H27N5O2/c1-5-17-8-6-7-14(2)19(17)24-21-22-15(3)13-18(23-21)20(28)26-11-9-25(10-12-26)16(4)27/h6-8,13H,5,9-12H2,1-4H3,(H,22,23,24). The number of amides is 2. The summed E-state index contributed by atoms with van der Waals surface area (Å²) in [6, 6.07) is 7.86. The summed E-state index contributed by atoms with van der Waals surface area (Å²) in [5.41, 5.74) is 4.38. The lowest BCUT2D eigenvalue weighted by Gasteiger charge is -2.34. The molecule has 0 radical (unpaired) electrons. The zero-order chi connectivity index (χ0) is 20.3. The normalized spacial score (nSPS) is 14.1. The number of benzene rings is 1. The van der Waals surface area contributed by atoms with Gasteiger partial charge in [-0.15, -0.1) is 0 Å². The maximum absolute atomic E-state index is 12.9. The van der Waals surface area contributed by atoms with Gasteiger partial charge in [0.25, 0.3) is 5.91 Å². The van der Waals surface area contributed by atoms with E-state index in [1.54, 1.807) is 22.8 Å². The zero-order valence-corrected chi connectivity index (χ0v) is 17.0. The fraction of sp³-hybridized carbons (Fsp3) is 0.429. The quantitative estimate of drug-likeness (QED) is 0.881. The van der Waals surface area contributed by atoms with Crippen molar-refractivity contribution in [3.05, 3.63) is 46.8 Å². The van der Waals surface area contributed by atoms with E-state index in [-0.39, 0.29) is 11.8 Å². The van der Waals surface area contributed by atoms with E-state index in [1.165, 1.54) is 5.56 Å². The maximum Gasteiger partial charge on any atom is 0.272 e. The Bertz CT molecular complexity index is 888. The predicted molar refractivity (Wildman–Crippen MR) is 109 cm³/mol. The van der Waals surface area contributed by atoms with Crippen LogP contribution in [0.15, 0.2) is 24.3 Å². The van der Waals surface area contributed by atoms with Crippen LogP contribution in [0.2, 0.25) is 0 Å². The van der Waals surface area contributed by atoms with Crippen LogP contribution in [-0.4, -0.2) is 57.8 Å². The van der Waals surface area contributed by atoms with E-state index >= 15 is 0 Å². The molecule has 7 nitrogen and oxygen atoms in total. The number of aromatic nitrogens is 2. The number of hydrogen-bond donors (Lipinski definition) is 1. The Morgan fingerprint density at radius 2 is 1.75 bits per heavy atom. The molecule has 0 unspecified atom stereocenters. The highest BCUT2D eigenvalue weighted by atomic mass is 16.2. The Labute approximate surface area is 165 Å². The summed E-state index contributed by atoms with van der Waals surface area (Å²) in [6.07, 6.45) is 0.891. The van der Waals surface area contributed by atoms with Gasteiger partial charge in [0.1, 0.15) is 5.69 Å². The Balaban J connectivity index is 1.81. The van der Waals surface area contributed by atoms with Gasteiger partial charge in [0, 0.05) is 44.5 Å². The van der Waals surface area contributed by atoms with Crippen LogP contribution in [-0.2, 0) is 11.2 Å². The molecule has 28 heavy (non-hydrogen) atoms. The molecule has 0 spiro atoms. The Morgan fingerprint density at radius 1 is 1.07 bits per heavy atom. The third-order valence-electron chi connectivity index (χ3n) is 5.06. The first-order valence-corrected chi connectivity index (χ1v) is 9.65. The molecule has 0 aliphatic carbocycles. The summed E-state index contributed by atoms with van der Waals surface area (Å²) in [5.74, 6) is 0.341. The Morgan fingerprint density at radius 3 is 2.39 bits per heavy atom. The minimum absolute atomic E-state index is 0.0430. The summed E-state index contributed by atoms with van der Waals surface area (Å²) in [4.78, 5) is 36.9. The van der Waals surface area contributed by atoms with Crippen molar-refractivity contribution in [1.29, 1.82) is 0 Å². The largest absolute Gasteiger partial charge is 0.339 e. The lowest BCUT2D eigenvalue weighted by molar-refractivity contribution is -0.130. The first kappa shape index (κ1) is 19.8. The molecule has 0 atom stereocenters. The number of hydrogen-bond acceptors (Lipinski definition) is 5. The number of anilines is 2. The van der Waals surface area contributed by atoms with Crippen LogP contribution in [0.3, 0.4) is 0 Å². The van der Waals surface area contributed by atoms with Gasteiger partial charge in [0.05, 0.1) is 0 Å². The van der Waals surface area contributed by atoms with Crippen LogP contribution in [0, 0.1) is 13.8 Å². The van der Waals surface area contributed by atoms with E-state index in [0.29, 0.717) is 37.8 Å². The lowest BCUT2D eigenvalue weighted by Crippen LogP contribution is -2.50. The smallest absolute Gasteiger partial charge is 0.272 e. The molecule has 2 amide bonds. The molecule has 0 saturated carbocycles. The fourth-order valence-corrected chi connectivity index (χ4v) is 3.43. The lowest BCUT2D eigenvalue weighted by atomic mass is 10.1. The molecule has 1 fully saturated rings. The van der Waals surface area contributed by atoms with Gasteiger partial charge in [-0.2, -0.15) is 0 Å². The van der Waals surface area contributed by atoms with Crippen LogP contribution in [0.1, 0.15) is 41.2 Å². The van der Waals surface area contributed by atoms with Crippen molar-refractivity contribution in [2.24, 2.45) is 0 Å². The van der Waals surface area contributed by atoms with Crippen molar-refractivity contribution in [2.45, 2.75) is 34.1 Å². The van der Waals surface area contributed by atoms with E-state index < -0.39 is 0 Å². The number of rotatable bonds is 4. The first-order valence-electron chi connectivity index (χ1n) is 9.65. The van der Waals surface area contributed by atoms with Crippen molar-refractivity contribution in [2.75, 3.05) is 31.5 Å². The number of carbonyl (C=O) groups excluding carboxylic acids is 2. The molecule has 1 aliphatic rings. The number of para-hydroxylation sites is 1. The van der Waals surface area contributed by atoms with Crippen molar-refractivity contribution < 1.29 is 9.59 Å². The zero-order valence-electron chi connectivity index (χ0n) is 17.0. The molecule has 1 aromatic carbocycles. The monoisotopic (exact) mass is 381 g/mol. The van der Waals surface area contributed by atoms with Gasteiger partial charge in [0.15, 0.2) is 0 Å². The Hall–Kier alpha value is -2.96. The molecule has 7 heteroatoms. The number of aryl methyl sites for hydroxylation is 3. The minimum Gasteiger partial charge on any atom is -0.339 e. The number of carbonyl (C=O) groups is 2. The van der Waals surface area contributed by atoms with Crippen molar-refractivity contribution >= 4 is 23.5 Å². The topological polar surface area (TPSA) is 78.4 Å². The van der Waals surface area contributed by atoms with E-state index in [9.17, 15) is 9.59 Å². The summed E-state index contributed by atoms with van der Waals surface area (Å²) in [5, 5.41) is 3.31. The van der Waals surface area contributed by atoms with Gasteiger partial charge in [-0.05, 0) is 37.5 Å². The van der Waals surface area contributed by atoms with Gasteiger partial charge in [-0.3, -0.25) is 9.59 Å². The molecule has 0 bridgehead atoms. The van der Waals surface area contributed by atoms with Crippen LogP contribution < -0.4 is 5.32 Å². The molecule has 148 valence electrons. The highest BCUT2D eigenvalue weighted by Gasteiger charge is 2.24. The van der Waals surface area contributed by atoms with Crippen molar-refractivity contribution in [3.63, 3.8) is 0 Å². The average Bonchev–Trinajstić information content (AvgIpc) is 2.68. The summed E-state index contributed by atoms with van der Waals surface area (Å²) < 4.78 is 0. The second-order valence-corrected chi connectivity index (χ2v) is 7.10. The van der Waals surface area contributed by atoms with E-state index in [4.69, 9.17) is 0 Å². The van der Waals surface area contributed by atoms with Gasteiger partial charge < -0.3 is 15.1 Å². The molecule has 3 rings (SSSR count). The second-order valence-electron chi connectivity index (χ2n) is 7.10. The van der Waals surface area contributed by atoms with E-state index in [1.807, 2.05) is 26.0 Å².